The second-order valence-electron chi connectivity index (χ2n) is 4.00. The number of benzene rings is 1. The molecule has 0 bridgehead atoms. The lowest BCUT2D eigenvalue weighted by atomic mass is 10.3. The summed E-state index contributed by atoms with van der Waals surface area (Å²) in [5, 5.41) is 7.79. The second-order valence-corrected chi connectivity index (χ2v) is 4.62. The first kappa shape index (κ1) is 12.7. The zero-order chi connectivity index (χ0) is 12.8. The summed E-state index contributed by atoms with van der Waals surface area (Å²) in [5.41, 5.74) is 0. The Labute approximate surface area is 111 Å². The largest absolute Gasteiger partial charge is 0.492 e. The van der Waals surface area contributed by atoms with Crippen molar-refractivity contribution in [2.45, 2.75) is 11.9 Å². The first-order valence-corrected chi connectivity index (χ1v) is 6.20. The van der Waals surface area contributed by atoms with Crippen LogP contribution in [-0.4, -0.2) is 16.6 Å². The molecule has 4 heteroatoms. The van der Waals surface area contributed by atoms with Crippen molar-refractivity contribution in [3.63, 3.8) is 0 Å². The van der Waals surface area contributed by atoms with E-state index in [1.54, 1.807) is 12.1 Å². The zero-order valence-electron chi connectivity index (χ0n) is 9.92. The van der Waals surface area contributed by atoms with Crippen molar-refractivity contribution in [2.75, 3.05) is 6.61 Å². The third-order valence-electron chi connectivity index (χ3n) is 2.47. The summed E-state index contributed by atoms with van der Waals surface area (Å²) < 4.78 is 7.53. The van der Waals surface area contributed by atoms with Gasteiger partial charge in [0.15, 0.2) is 0 Å². The summed E-state index contributed by atoms with van der Waals surface area (Å²) in [5.74, 6) is 0.828. The molecule has 1 N–H and O–H groups in total. The first-order chi connectivity index (χ1) is 8.74. The van der Waals surface area contributed by atoms with Crippen LogP contribution in [0.25, 0.3) is 0 Å². The molecule has 0 aliphatic carbocycles. The molecule has 0 aliphatic heterocycles. The Morgan fingerprint density at radius 1 is 1.11 bits per heavy atom. The maximum absolute atomic E-state index is 7.40. The minimum Gasteiger partial charge on any atom is -0.492 e. The van der Waals surface area contributed by atoms with Gasteiger partial charge in [-0.3, -0.25) is 0 Å². The normalized spacial score (nSPS) is 12.1. The molecule has 0 unspecified atom stereocenters. The van der Waals surface area contributed by atoms with E-state index < -0.39 is 0 Å². The van der Waals surface area contributed by atoms with E-state index in [1.807, 2.05) is 47.3 Å². The van der Waals surface area contributed by atoms with E-state index in [1.165, 1.54) is 0 Å². The standard InChI is InChI=1S/C14H15ClN2O/c15-12(10-17-8-6-13(16)7-9-17)11-18-14-4-2-1-3-5-14/h1-9,12,16H,10-11H2/t12-/m1/s1. The molecular weight excluding hydrogens is 248 g/mol. The van der Waals surface area contributed by atoms with E-state index in [0.29, 0.717) is 18.5 Å². The smallest absolute Gasteiger partial charge is 0.119 e. The van der Waals surface area contributed by atoms with Gasteiger partial charge in [-0.2, -0.15) is 0 Å². The van der Waals surface area contributed by atoms with Crippen LogP contribution in [0.1, 0.15) is 0 Å². The van der Waals surface area contributed by atoms with Crippen molar-refractivity contribution in [3.05, 3.63) is 60.2 Å². The third kappa shape index (κ3) is 3.93. The van der Waals surface area contributed by atoms with Gasteiger partial charge in [0, 0.05) is 18.9 Å². The monoisotopic (exact) mass is 262 g/mol. The lowest BCUT2D eigenvalue weighted by Crippen LogP contribution is -2.19. The summed E-state index contributed by atoms with van der Waals surface area (Å²) in [4.78, 5) is 0. The number of para-hydroxylation sites is 1. The average Bonchev–Trinajstić information content (AvgIpc) is 2.40. The van der Waals surface area contributed by atoms with Crippen LogP contribution in [0.5, 0.6) is 5.75 Å². The van der Waals surface area contributed by atoms with Gasteiger partial charge in [-0.1, -0.05) is 18.2 Å². The molecule has 0 fully saturated rings. The molecule has 0 radical (unpaired) electrons. The van der Waals surface area contributed by atoms with Gasteiger partial charge < -0.3 is 14.7 Å². The van der Waals surface area contributed by atoms with Crippen LogP contribution in [0, 0.1) is 5.41 Å². The Balaban J connectivity index is 1.83. The van der Waals surface area contributed by atoms with Gasteiger partial charge in [0.2, 0.25) is 0 Å². The molecule has 1 aromatic carbocycles. The van der Waals surface area contributed by atoms with Gasteiger partial charge in [-0.25, -0.2) is 0 Å². The third-order valence-corrected chi connectivity index (χ3v) is 2.74. The van der Waals surface area contributed by atoms with Gasteiger partial charge in [-0.15, -0.1) is 11.6 Å². The summed E-state index contributed by atoms with van der Waals surface area (Å²) in [6, 6.07) is 13.1. The number of nitrogens with one attached hydrogen (secondary N) is 1. The minimum atomic E-state index is -0.105. The predicted molar refractivity (Wildman–Crippen MR) is 71.9 cm³/mol. The lowest BCUT2D eigenvalue weighted by molar-refractivity contribution is 0.305. The molecule has 2 aromatic rings. The maximum Gasteiger partial charge on any atom is 0.119 e. The molecule has 3 nitrogen and oxygen atoms in total. The Morgan fingerprint density at radius 3 is 2.44 bits per heavy atom. The Kier molecular flexibility index (Phi) is 4.42. The number of alkyl halides is 1. The Bertz CT molecular complexity index is 518. The maximum atomic E-state index is 7.40. The lowest BCUT2D eigenvalue weighted by Gasteiger charge is -2.13. The van der Waals surface area contributed by atoms with Crippen molar-refractivity contribution in [3.8, 4) is 5.75 Å². The molecule has 18 heavy (non-hydrogen) atoms. The van der Waals surface area contributed by atoms with Gasteiger partial charge in [0.05, 0.1) is 10.7 Å². The summed E-state index contributed by atoms with van der Waals surface area (Å²) >= 11 is 6.21. The fraction of sp³-hybridized carbons (Fsp3) is 0.214. The van der Waals surface area contributed by atoms with Crippen molar-refractivity contribution in [1.29, 1.82) is 5.41 Å². The number of rotatable bonds is 5. The SMILES string of the molecule is N=c1ccn(C[C@@H](Cl)COc2ccccc2)cc1. The number of nitrogens with zero attached hydrogens (tertiary/aromatic N) is 1. The van der Waals surface area contributed by atoms with Crippen molar-refractivity contribution in [1.82, 2.24) is 4.57 Å². The number of ether oxygens (including phenoxy) is 1. The fourth-order valence-electron chi connectivity index (χ4n) is 1.56. The van der Waals surface area contributed by atoms with Crippen LogP contribution in [0.2, 0.25) is 0 Å². The molecule has 1 aromatic heterocycles. The predicted octanol–water partition coefficient (Wildman–Crippen LogP) is 2.65. The van der Waals surface area contributed by atoms with Crippen molar-refractivity contribution >= 4 is 11.6 Å². The van der Waals surface area contributed by atoms with E-state index >= 15 is 0 Å². The topological polar surface area (TPSA) is 38.0 Å². The molecular formula is C14H15ClN2O. The number of pyridine rings is 1. The molecule has 0 amide bonds. The number of halogens is 1. The molecule has 94 valence electrons. The van der Waals surface area contributed by atoms with E-state index in [9.17, 15) is 0 Å². The number of aromatic nitrogens is 1. The van der Waals surface area contributed by atoms with Crippen molar-refractivity contribution < 1.29 is 4.74 Å². The van der Waals surface area contributed by atoms with E-state index in [2.05, 4.69) is 0 Å². The highest BCUT2D eigenvalue weighted by atomic mass is 35.5. The molecule has 0 saturated carbocycles. The summed E-state index contributed by atoms with van der Waals surface area (Å²) in [7, 11) is 0. The highest BCUT2D eigenvalue weighted by Gasteiger charge is 2.05. The van der Waals surface area contributed by atoms with Crippen LogP contribution in [-0.2, 0) is 6.54 Å². The van der Waals surface area contributed by atoms with Gasteiger partial charge >= 0.3 is 0 Å². The van der Waals surface area contributed by atoms with Crippen LogP contribution in [0.15, 0.2) is 54.9 Å². The summed E-state index contributed by atoms with van der Waals surface area (Å²) in [6.45, 7) is 1.12. The molecule has 1 heterocycles. The average molecular weight is 263 g/mol. The highest BCUT2D eigenvalue weighted by molar-refractivity contribution is 6.20. The molecule has 2 rings (SSSR count). The zero-order valence-corrected chi connectivity index (χ0v) is 10.7. The van der Waals surface area contributed by atoms with Crippen LogP contribution in [0.3, 0.4) is 0 Å². The minimum absolute atomic E-state index is 0.105. The van der Waals surface area contributed by atoms with Gasteiger partial charge in [0.1, 0.15) is 12.4 Å². The van der Waals surface area contributed by atoms with Crippen LogP contribution >= 0.6 is 11.6 Å². The van der Waals surface area contributed by atoms with Crippen LogP contribution < -0.4 is 10.1 Å². The number of hydrogen-bond donors (Lipinski definition) is 1. The summed E-state index contributed by atoms with van der Waals surface area (Å²) in [6.07, 6.45) is 3.69. The molecule has 0 saturated heterocycles. The van der Waals surface area contributed by atoms with Gasteiger partial charge in [-0.05, 0) is 24.3 Å². The Morgan fingerprint density at radius 2 is 1.78 bits per heavy atom. The van der Waals surface area contributed by atoms with Crippen molar-refractivity contribution in [2.24, 2.45) is 0 Å². The van der Waals surface area contributed by atoms with E-state index in [4.69, 9.17) is 21.7 Å². The van der Waals surface area contributed by atoms with E-state index in [-0.39, 0.29) is 5.38 Å². The van der Waals surface area contributed by atoms with Crippen LogP contribution in [0.4, 0.5) is 0 Å². The fourth-order valence-corrected chi connectivity index (χ4v) is 1.79. The highest BCUT2D eigenvalue weighted by Crippen LogP contribution is 2.10. The quantitative estimate of drug-likeness (QED) is 0.827. The van der Waals surface area contributed by atoms with E-state index in [0.717, 1.165) is 5.75 Å². The van der Waals surface area contributed by atoms with Gasteiger partial charge in [0.25, 0.3) is 0 Å². The first-order valence-electron chi connectivity index (χ1n) is 5.76. The number of hydrogen-bond acceptors (Lipinski definition) is 2. The molecule has 1 atom stereocenters. The Hall–Kier alpha value is -1.74. The molecule has 0 aliphatic rings. The molecule has 0 spiro atoms. The second kappa shape index (κ2) is 6.26.